The van der Waals surface area contributed by atoms with Crippen LogP contribution >= 0.6 is 0 Å². The SMILES string of the molecule is COc1ccc(-c2cc(=O)c3c(O)c(CO)c(O)cc3o2)cc1.COc1ccc(-c2cc(=O)c3c(O)c(O)c(CO)cc3o2)cc1.COc1ccc(-c2cc(=O)c3c(O)c(O)c(O)cc3o2)cc1.COc1ccc(-c2cc(=O)c3c(OC)c(CO)c(CO)cc3o2)cc1.COc1ccc(-c2cc(=O)c3c(OC)c(O)c(CO)cc3o2)cc1.O=c1cc(-c2ccc(O)cc2)oc2cc(CO)c(O)c(O)c12. The van der Waals surface area contributed by atoms with E-state index in [-0.39, 0.29) is 152 Å². The Morgan fingerprint density at radius 1 is 0.209 bits per heavy atom. The van der Waals surface area contributed by atoms with E-state index in [9.17, 15) is 105 Å². The first-order chi connectivity index (χ1) is 66.8. The molecule has 0 aliphatic heterocycles. The van der Waals surface area contributed by atoms with Gasteiger partial charge in [0.1, 0.15) is 152 Å². The van der Waals surface area contributed by atoms with Crippen molar-refractivity contribution in [3.05, 3.63) is 313 Å². The van der Waals surface area contributed by atoms with Crippen LogP contribution in [0.25, 0.3) is 134 Å². The highest BCUT2D eigenvalue weighted by molar-refractivity contribution is 5.94. The highest BCUT2D eigenvalue weighted by atomic mass is 16.5. The van der Waals surface area contributed by atoms with Crippen molar-refractivity contribution in [1.29, 1.82) is 0 Å². The van der Waals surface area contributed by atoms with Crippen LogP contribution < -0.4 is 65.7 Å². The first kappa shape index (κ1) is 98.6. The van der Waals surface area contributed by atoms with Gasteiger partial charge in [-0.1, -0.05) is 0 Å². The molecular formula is C103H86O36. The number of phenols is 11. The van der Waals surface area contributed by atoms with E-state index >= 15 is 0 Å². The van der Waals surface area contributed by atoms with Crippen LogP contribution in [-0.4, -0.2) is 137 Å². The fourth-order valence-electron chi connectivity index (χ4n) is 14.5. The summed E-state index contributed by atoms with van der Waals surface area (Å²) in [6, 6.07) is 56.4. The number of phenolic OH excluding ortho intramolecular Hbond substituents is 6. The van der Waals surface area contributed by atoms with Gasteiger partial charge in [-0.2, -0.15) is 0 Å². The maximum absolute atomic E-state index is 12.6. The van der Waals surface area contributed by atoms with Crippen molar-refractivity contribution in [1.82, 2.24) is 0 Å². The maximum Gasteiger partial charge on any atom is 0.201 e. The lowest BCUT2D eigenvalue weighted by Gasteiger charge is -2.14. The fraction of sp³-hybridized carbons (Fsp3) is 0.126. The van der Waals surface area contributed by atoms with Crippen molar-refractivity contribution in [2.75, 3.05) is 49.8 Å². The van der Waals surface area contributed by atoms with Crippen LogP contribution in [0.15, 0.2) is 274 Å². The minimum absolute atomic E-state index is 0.00780. The summed E-state index contributed by atoms with van der Waals surface area (Å²) in [5, 5.41) is 163. The van der Waals surface area contributed by atoms with E-state index in [0.717, 1.165) is 11.6 Å². The Kier molecular flexibility index (Phi) is 30.5. The van der Waals surface area contributed by atoms with Gasteiger partial charge in [-0.25, -0.2) is 0 Å². The van der Waals surface area contributed by atoms with Gasteiger partial charge in [-0.3, -0.25) is 28.8 Å². The molecule has 0 radical (unpaired) electrons. The summed E-state index contributed by atoms with van der Waals surface area (Å²) in [6.07, 6.45) is 0. The van der Waals surface area contributed by atoms with Gasteiger partial charge in [0.15, 0.2) is 78.6 Å². The number of hydrogen-bond donors (Lipinski definition) is 17. The molecular weight excluding hydrogens is 1810 g/mol. The molecule has 0 bridgehead atoms. The second-order valence-corrected chi connectivity index (χ2v) is 30.0. The van der Waals surface area contributed by atoms with Crippen LogP contribution in [0.4, 0.5) is 0 Å². The van der Waals surface area contributed by atoms with E-state index in [2.05, 4.69) is 0 Å². The lowest BCUT2D eigenvalue weighted by atomic mass is 10.0. The van der Waals surface area contributed by atoms with Crippen LogP contribution in [0, 0.1) is 0 Å². The van der Waals surface area contributed by atoms with Crippen molar-refractivity contribution in [3.63, 3.8) is 0 Å². The van der Waals surface area contributed by atoms with Gasteiger partial charge in [0.2, 0.25) is 5.75 Å². The summed E-state index contributed by atoms with van der Waals surface area (Å²) in [5.74, 6) is 0.157. The molecule has 36 heteroatoms. The summed E-state index contributed by atoms with van der Waals surface area (Å²) in [7, 11) is 10.5. The number of methoxy groups -OCH3 is 7. The van der Waals surface area contributed by atoms with E-state index in [1.807, 2.05) is 0 Å². The monoisotopic (exact) mass is 1900 g/mol. The van der Waals surface area contributed by atoms with Gasteiger partial charge in [0.05, 0.1) is 95.0 Å². The number of aliphatic hydroxyl groups excluding tert-OH is 6. The molecule has 18 aromatic rings. The van der Waals surface area contributed by atoms with Crippen LogP contribution in [0.2, 0.25) is 0 Å². The Labute approximate surface area is 782 Å². The van der Waals surface area contributed by atoms with Gasteiger partial charge in [0, 0.05) is 104 Å². The fourth-order valence-corrected chi connectivity index (χ4v) is 14.5. The molecule has 18 rings (SSSR count). The molecule has 0 spiro atoms. The van der Waals surface area contributed by atoms with Crippen molar-refractivity contribution in [3.8, 4) is 171 Å². The molecule has 0 amide bonds. The van der Waals surface area contributed by atoms with Gasteiger partial charge in [0.25, 0.3) is 0 Å². The minimum Gasteiger partial charge on any atom is -0.508 e. The third kappa shape index (κ3) is 20.7. The normalized spacial score (nSPS) is 10.9. The van der Waals surface area contributed by atoms with Crippen molar-refractivity contribution >= 4 is 65.8 Å². The second kappa shape index (κ2) is 42.9. The standard InChI is InChI=1S/C19H18O6.C18H16O6.2C17H14O6.2C16H12O6/c1-23-13-5-3-11(4-6-13)16-8-15(22)18-17(25-16)7-12(9-20)14(10-21)19(18)24-2;1-22-12-5-3-10(4-6-12)14-8-13(20)16-15(24-14)7-11(9-19)17(21)18(16)23-2;1-22-11-4-2-9(3-5-11)13-7-12(19)15-14(23-13)6-10(8-18)16(20)17(15)21;1-22-10-4-2-9(3-5-10)14-7-13(20)16-15(23-14)6-12(19)11(8-18)17(16)21;1-21-9-4-2-8(3-5-9)12-6-10(17)14-13(22-12)7-11(18)15(19)16(14)20;17-7-9-5-13-14(16(21)15(9)20)11(19)6-12(22-13)8-1-3-10(18)4-2-8/h3-8,20-21H,9-10H2,1-2H3;3-8,19,21H,9H2,1-2H3;2-7,18,20-21H,8H2,1H3;2-7,18-19,21H,8H2,1H3;2-7,18-20H,1H3;1-6,17-18,20-21H,7H2. The molecule has 0 aliphatic rings. The second-order valence-electron chi connectivity index (χ2n) is 30.0. The summed E-state index contributed by atoms with van der Waals surface area (Å²) in [6.45, 7) is -2.66. The molecule has 17 N–H and O–H groups in total. The number of aromatic hydroxyl groups is 11. The lowest BCUT2D eigenvalue weighted by molar-refractivity contribution is 0.254. The van der Waals surface area contributed by atoms with Crippen LogP contribution in [0.5, 0.6) is 103 Å². The number of fused-ring (bicyclic) bond motifs is 6. The first-order valence-electron chi connectivity index (χ1n) is 41.3. The largest absolute Gasteiger partial charge is 0.508 e. The molecule has 6 aromatic heterocycles. The Bertz CT molecular complexity index is 8000. The average molecular weight is 1900 g/mol. The quantitative estimate of drug-likeness (QED) is 0.0334. The molecule has 0 fully saturated rings. The number of rotatable bonds is 19. The van der Waals surface area contributed by atoms with Gasteiger partial charge in [-0.15, -0.1) is 0 Å². The Hall–Kier alpha value is -17.9. The van der Waals surface area contributed by atoms with E-state index in [1.54, 1.807) is 175 Å². The number of ether oxygens (including phenoxy) is 7. The van der Waals surface area contributed by atoms with Gasteiger partial charge >= 0.3 is 0 Å². The molecule has 6 heterocycles. The van der Waals surface area contributed by atoms with E-state index < -0.39 is 94.1 Å². The molecule has 36 nitrogen and oxygen atoms in total. The predicted molar refractivity (Wildman–Crippen MR) is 507 cm³/mol. The highest BCUT2D eigenvalue weighted by Crippen LogP contribution is 2.45. The van der Waals surface area contributed by atoms with Crippen LogP contribution in [0.1, 0.15) is 33.4 Å². The molecule has 0 saturated carbocycles. The average Bonchev–Trinajstić information content (AvgIpc) is 0.774. The number of aliphatic hydroxyl groups is 6. The van der Waals surface area contributed by atoms with Gasteiger partial charge in [-0.05, 0) is 175 Å². The zero-order valence-electron chi connectivity index (χ0n) is 74.4. The summed E-state index contributed by atoms with van der Waals surface area (Å²) >= 11 is 0. The minimum atomic E-state index is -0.753. The third-order valence-corrected chi connectivity index (χ3v) is 21.7. The number of benzene rings is 12. The van der Waals surface area contributed by atoms with Crippen molar-refractivity contribution in [2.45, 2.75) is 39.6 Å². The lowest BCUT2D eigenvalue weighted by Crippen LogP contribution is -2.07. The molecule has 139 heavy (non-hydrogen) atoms. The number of hydrogen-bond acceptors (Lipinski definition) is 36. The molecule has 0 aliphatic carbocycles. The predicted octanol–water partition coefficient (Wildman–Crippen LogP) is 14.5. The Morgan fingerprint density at radius 2 is 0.439 bits per heavy atom. The summed E-state index contributed by atoms with van der Waals surface area (Å²) < 4.78 is 69.9. The summed E-state index contributed by atoms with van der Waals surface area (Å²) in [4.78, 5) is 74.0. The van der Waals surface area contributed by atoms with Crippen LogP contribution in [0.3, 0.4) is 0 Å². The molecule has 0 atom stereocenters. The summed E-state index contributed by atoms with van der Waals surface area (Å²) in [5.41, 5.74) is 2.99. The van der Waals surface area contributed by atoms with E-state index in [4.69, 9.17) is 69.9 Å². The smallest absolute Gasteiger partial charge is 0.201 e. The molecule has 714 valence electrons. The third-order valence-electron chi connectivity index (χ3n) is 21.7. The molecule has 0 saturated heterocycles. The Morgan fingerprint density at radius 3 is 0.712 bits per heavy atom. The topological polar surface area (TPSA) is 590 Å². The maximum atomic E-state index is 12.6. The van der Waals surface area contributed by atoms with E-state index in [0.29, 0.717) is 90.7 Å². The van der Waals surface area contributed by atoms with Crippen molar-refractivity contribution in [2.24, 2.45) is 0 Å². The molecule has 12 aromatic carbocycles. The zero-order chi connectivity index (χ0) is 100. The van der Waals surface area contributed by atoms with Crippen LogP contribution in [-0.2, 0) is 39.6 Å². The first-order valence-corrected chi connectivity index (χ1v) is 41.3. The highest BCUT2D eigenvalue weighted by Gasteiger charge is 2.26. The van der Waals surface area contributed by atoms with E-state index in [1.165, 1.54) is 87.0 Å². The Balaban J connectivity index is 0.000000141. The van der Waals surface area contributed by atoms with Gasteiger partial charge < -0.3 is 146 Å². The van der Waals surface area contributed by atoms with Crippen molar-refractivity contribution < 1.29 is 146 Å². The zero-order valence-corrected chi connectivity index (χ0v) is 74.4. The molecule has 0 unspecified atom stereocenters.